The Morgan fingerprint density at radius 2 is 1.76 bits per heavy atom. The number of sulfonamides is 1. The summed E-state index contributed by atoms with van der Waals surface area (Å²) in [6.45, 7) is 9.09. The summed E-state index contributed by atoms with van der Waals surface area (Å²) in [5.74, 6) is 0. The van der Waals surface area contributed by atoms with E-state index in [4.69, 9.17) is 9.31 Å². The molecule has 7 heteroatoms. The van der Waals surface area contributed by atoms with Gasteiger partial charge < -0.3 is 9.31 Å². The standard InChI is InChI=1S/C14H24BNO4S/c1-13(2)14(3,4)20-15(19-13)11-7-9-16(10-8-11)21(17,18)12-5-6-12/h7,12H,5-6,8-10H2,1-4H3. The molecular formula is C14H24BNO4S. The Kier molecular flexibility index (Phi) is 3.56. The summed E-state index contributed by atoms with van der Waals surface area (Å²) in [4.78, 5) is 0. The predicted octanol–water partition coefficient (Wildman–Crippen LogP) is 1.74. The molecule has 2 heterocycles. The molecule has 0 radical (unpaired) electrons. The summed E-state index contributed by atoms with van der Waals surface area (Å²) in [6, 6.07) is 0. The minimum Gasteiger partial charge on any atom is -0.400 e. The monoisotopic (exact) mass is 313 g/mol. The Morgan fingerprint density at radius 1 is 1.19 bits per heavy atom. The van der Waals surface area contributed by atoms with Gasteiger partial charge in [0.1, 0.15) is 0 Å². The van der Waals surface area contributed by atoms with Crippen molar-refractivity contribution in [1.82, 2.24) is 4.31 Å². The zero-order chi connectivity index (χ0) is 15.5. The van der Waals surface area contributed by atoms with E-state index in [-0.39, 0.29) is 23.6 Å². The molecule has 2 fully saturated rings. The van der Waals surface area contributed by atoms with E-state index < -0.39 is 10.0 Å². The quantitative estimate of drug-likeness (QED) is 0.745. The molecule has 2 aliphatic heterocycles. The molecule has 0 aromatic heterocycles. The molecule has 3 aliphatic rings. The number of hydrogen-bond acceptors (Lipinski definition) is 4. The lowest BCUT2D eigenvalue weighted by molar-refractivity contribution is 0.00578. The molecule has 1 saturated carbocycles. The molecule has 0 aromatic rings. The highest BCUT2D eigenvalue weighted by molar-refractivity contribution is 7.90. The summed E-state index contributed by atoms with van der Waals surface area (Å²) in [5.41, 5.74) is 0.363. The van der Waals surface area contributed by atoms with Gasteiger partial charge in [-0.3, -0.25) is 0 Å². The van der Waals surface area contributed by atoms with Crippen LogP contribution in [0.15, 0.2) is 11.5 Å². The van der Waals surface area contributed by atoms with Crippen molar-refractivity contribution in [2.24, 2.45) is 0 Å². The normalized spacial score (nSPS) is 29.5. The van der Waals surface area contributed by atoms with E-state index in [2.05, 4.69) is 0 Å². The van der Waals surface area contributed by atoms with Gasteiger partial charge in [-0.2, -0.15) is 4.31 Å². The Morgan fingerprint density at radius 3 is 2.19 bits per heavy atom. The molecule has 1 aliphatic carbocycles. The summed E-state index contributed by atoms with van der Waals surface area (Å²) < 4.78 is 38.1. The van der Waals surface area contributed by atoms with Crippen molar-refractivity contribution in [3.63, 3.8) is 0 Å². The van der Waals surface area contributed by atoms with Crippen LogP contribution in [0.4, 0.5) is 0 Å². The molecule has 118 valence electrons. The molecule has 0 spiro atoms. The zero-order valence-electron chi connectivity index (χ0n) is 13.3. The third kappa shape index (κ3) is 2.69. The smallest absolute Gasteiger partial charge is 0.400 e. The first-order valence-electron chi connectivity index (χ1n) is 7.67. The molecule has 0 atom stereocenters. The molecule has 21 heavy (non-hydrogen) atoms. The van der Waals surface area contributed by atoms with Crippen LogP contribution in [0.5, 0.6) is 0 Å². The Balaban J connectivity index is 1.69. The summed E-state index contributed by atoms with van der Waals surface area (Å²) >= 11 is 0. The predicted molar refractivity (Wildman–Crippen MR) is 82.3 cm³/mol. The van der Waals surface area contributed by atoms with Crippen LogP contribution >= 0.6 is 0 Å². The summed E-state index contributed by atoms with van der Waals surface area (Å²) in [6.07, 6.45) is 4.27. The highest BCUT2D eigenvalue weighted by Crippen LogP contribution is 2.40. The molecule has 0 aromatic carbocycles. The van der Waals surface area contributed by atoms with Gasteiger partial charge in [0, 0.05) is 13.1 Å². The highest BCUT2D eigenvalue weighted by atomic mass is 32.2. The average molecular weight is 313 g/mol. The van der Waals surface area contributed by atoms with Gasteiger partial charge in [-0.1, -0.05) is 6.08 Å². The van der Waals surface area contributed by atoms with Gasteiger partial charge in [-0.15, -0.1) is 0 Å². The van der Waals surface area contributed by atoms with E-state index in [0.29, 0.717) is 19.5 Å². The van der Waals surface area contributed by atoms with Crippen LogP contribution in [-0.4, -0.2) is 49.4 Å². The van der Waals surface area contributed by atoms with Gasteiger partial charge >= 0.3 is 7.12 Å². The Hall–Kier alpha value is -0.365. The van der Waals surface area contributed by atoms with E-state index in [1.54, 1.807) is 4.31 Å². The fourth-order valence-electron chi connectivity index (χ4n) is 2.68. The van der Waals surface area contributed by atoms with Crippen molar-refractivity contribution in [2.45, 2.75) is 63.4 Å². The second kappa shape index (κ2) is 4.81. The van der Waals surface area contributed by atoms with Gasteiger partial charge in [0.25, 0.3) is 0 Å². The van der Waals surface area contributed by atoms with Crippen molar-refractivity contribution in [2.75, 3.05) is 13.1 Å². The molecule has 0 unspecified atom stereocenters. The maximum Gasteiger partial charge on any atom is 0.490 e. The van der Waals surface area contributed by atoms with Crippen LogP contribution in [0.2, 0.25) is 0 Å². The van der Waals surface area contributed by atoms with Crippen LogP contribution in [0.1, 0.15) is 47.0 Å². The summed E-state index contributed by atoms with van der Waals surface area (Å²) in [5, 5.41) is -0.135. The Bertz CT molecular complexity index is 550. The van der Waals surface area contributed by atoms with Crippen LogP contribution in [-0.2, 0) is 19.3 Å². The average Bonchev–Trinajstić information content (AvgIpc) is 3.19. The lowest BCUT2D eigenvalue weighted by Crippen LogP contribution is -2.41. The maximum atomic E-state index is 12.2. The molecule has 0 amide bonds. The molecular weight excluding hydrogens is 289 g/mol. The van der Waals surface area contributed by atoms with Crippen molar-refractivity contribution >= 4 is 17.1 Å². The second-order valence-electron chi connectivity index (χ2n) is 7.22. The van der Waals surface area contributed by atoms with E-state index in [9.17, 15) is 8.42 Å². The maximum absolute atomic E-state index is 12.2. The van der Waals surface area contributed by atoms with Gasteiger partial charge in [-0.25, -0.2) is 8.42 Å². The largest absolute Gasteiger partial charge is 0.490 e. The number of rotatable bonds is 3. The lowest BCUT2D eigenvalue weighted by Gasteiger charge is -2.32. The molecule has 1 saturated heterocycles. The third-order valence-corrected chi connectivity index (χ3v) is 7.43. The fraction of sp³-hybridized carbons (Fsp3) is 0.857. The van der Waals surface area contributed by atoms with Crippen LogP contribution in [0, 0.1) is 0 Å². The first kappa shape index (κ1) is 15.5. The molecule has 0 N–H and O–H groups in total. The fourth-order valence-corrected chi connectivity index (χ4v) is 4.46. The minimum absolute atomic E-state index is 0.135. The van der Waals surface area contributed by atoms with Crippen molar-refractivity contribution < 1.29 is 17.7 Å². The third-order valence-electron chi connectivity index (χ3n) is 5.07. The summed E-state index contributed by atoms with van der Waals surface area (Å²) in [7, 11) is -3.42. The number of hydrogen-bond donors (Lipinski definition) is 0. The molecule has 3 rings (SSSR count). The SMILES string of the molecule is CC1(C)OB(C2=CCN(S(=O)(=O)C3CC3)CC2)OC1(C)C. The number of nitrogens with zero attached hydrogens (tertiary/aromatic N) is 1. The van der Waals surface area contributed by atoms with Crippen molar-refractivity contribution in [3.8, 4) is 0 Å². The topological polar surface area (TPSA) is 55.8 Å². The van der Waals surface area contributed by atoms with E-state index in [0.717, 1.165) is 18.3 Å². The lowest BCUT2D eigenvalue weighted by atomic mass is 9.75. The zero-order valence-corrected chi connectivity index (χ0v) is 14.1. The highest BCUT2D eigenvalue weighted by Gasteiger charge is 2.52. The van der Waals surface area contributed by atoms with Crippen molar-refractivity contribution in [1.29, 1.82) is 0 Å². The van der Waals surface area contributed by atoms with Crippen molar-refractivity contribution in [3.05, 3.63) is 11.5 Å². The van der Waals surface area contributed by atoms with Crippen LogP contribution < -0.4 is 0 Å². The van der Waals surface area contributed by atoms with Gasteiger partial charge in [0.15, 0.2) is 0 Å². The van der Waals surface area contributed by atoms with E-state index in [1.807, 2.05) is 33.8 Å². The second-order valence-corrected chi connectivity index (χ2v) is 9.43. The van der Waals surface area contributed by atoms with Crippen LogP contribution in [0.3, 0.4) is 0 Å². The van der Waals surface area contributed by atoms with Gasteiger partial charge in [0.05, 0.1) is 16.5 Å². The van der Waals surface area contributed by atoms with Crippen LogP contribution in [0.25, 0.3) is 0 Å². The first-order valence-corrected chi connectivity index (χ1v) is 9.17. The molecule has 5 nitrogen and oxygen atoms in total. The minimum atomic E-state index is -3.07. The first-order chi connectivity index (χ1) is 9.63. The van der Waals surface area contributed by atoms with Gasteiger partial charge in [-0.05, 0) is 52.4 Å². The molecule has 0 bridgehead atoms. The van der Waals surface area contributed by atoms with E-state index in [1.165, 1.54) is 0 Å². The Labute approximate surface area is 127 Å². The van der Waals surface area contributed by atoms with E-state index >= 15 is 0 Å². The van der Waals surface area contributed by atoms with Gasteiger partial charge in [0.2, 0.25) is 10.0 Å².